The van der Waals surface area contributed by atoms with Gasteiger partial charge < -0.3 is 0 Å². The molecule has 1 fully saturated rings. The number of rotatable bonds is 4. The van der Waals surface area contributed by atoms with Crippen LogP contribution in [-0.4, -0.2) is 33.7 Å². The van der Waals surface area contributed by atoms with Crippen molar-refractivity contribution in [3.8, 4) is 0 Å². The lowest BCUT2D eigenvalue weighted by atomic mass is 10.2. The minimum Gasteiger partial charge on any atom is -0.271 e. The van der Waals surface area contributed by atoms with Crippen LogP contribution < -0.4 is 9.86 Å². The van der Waals surface area contributed by atoms with Crippen molar-refractivity contribution in [3.63, 3.8) is 0 Å². The Bertz CT molecular complexity index is 744. The van der Waals surface area contributed by atoms with Crippen molar-refractivity contribution in [2.75, 3.05) is 11.3 Å². The molecule has 0 saturated carbocycles. The van der Waals surface area contributed by atoms with Gasteiger partial charge in [-0.3, -0.25) is 4.72 Å². The molecule has 1 unspecified atom stereocenters. The number of anilines is 1. The minimum atomic E-state index is -3.88. The van der Waals surface area contributed by atoms with E-state index < -0.39 is 20.2 Å². The number of hydrogen-bond acceptors (Lipinski definition) is 4. The predicted molar refractivity (Wildman–Crippen MR) is 80.5 cm³/mol. The number of nitrogens with zero attached hydrogens (tertiary/aromatic N) is 1. The van der Waals surface area contributed by atoms with Crippen LogP contribution in [0.25, 0.3) is 0 Å². The summed E-state index contributed by atoms with van der Waals surface area (Å²) in [7, 11) is -7.58. The van der Waals surface area contributed by atoms with Crippen molar-refractivity contribution < 1.29 is 16.8 Å². The highest BCUT2D eigenvalue weighted by molar-refractivity contribution is 7.90. The summed E-state index contributed by atoms with van der Waals surface area (Å²) < 4.78 is 51.3. The molecule has 2 rings (SSSR count). The summed E-state index contributed by atoms with van der Waals surface area (Å²) in [6.07, 6.45) is 1.63. The molecule has 1 aliphatic rings. The van der Waals surface area contributed by atoms with E-state index in [1.54, 1.807) is 6.92 Å². The third kappa shape index (κ3) is 3.54. The Hall–Kier alpha value is -1.16. The Kier molecular flexibility index (Phi) is 4.29. The number of nitrogens with two attached hydrogens (primary N) is 1. The van der Waals surface area contributed by atoms with Crippen molar-refractivity contribution in [1.82, 2.24) is 4.31 Å². The van der Waals surface area contributed by atoms with Crippen LogP contribution in [0.15, 0.2) is 23.1 Å². The van der Waals surface area contributed by atoms with Gasteiger partial charge in [-0.2, -0.15) is 12.7 Å². The summed E-state index contributed by atoms with van der Waals surface area (Å²) in [6.45, 7) is 4.00. The van der Waals surface area contributed by atoms with Gasteiger partial charge in [0.05, 0.1) is 10.6 Å². The van der Waals surface area contributed by atoms with E-state index in [0.29, 0.717) is 12.1 Å². The topological polar surface area (TPSA) is 110 Å². The van der Waals surface area contributed by atoms with E-state index in [-0.39, 0.29) is 16.6 Å². The highest BCUT2D eigenvalue weighted by Gasteiger charge is 2.31. The second kappa shape index (κ2) is 5.56. The first-order valence-corrected chi connectivity index (χ1v) is 9.53. The van der Waals surface area contributed by atoms with Crippen LogP contribution in [0.2, 0.25) is 0 Å². The molecule has 0 spiro atoms. The number of nitrogens with one attached hydrogen (secondary N) is 1. The Balaban J connectivity index is 2.35. The van der Waals surface area contributed by atoms with Gasteiger partial charge in [-0.1, -0.05) is 6.07 Å². The van der Waals surface area contributed by atoms with Gasteiger partial charge in [0.1, 0.15) is 0 Å². The maximum atomic E-state index is 12.4. The predicted octanol–water partition coefficient (Wildman–Crippen LogP) is 0.783. The average molecular weight is 333 g/mol. The first kappa shape index (κ1) is 16.2. The van der Waals surface area contributed by atoms with E-state index in [4.69, 9.17) is 5.14 Å². The third-order valence-electron chi connectivity index (χ3n) is 3.58. The lowest BCUT2D eigenvalue weighted by molar-refractivity contribution is 0.412. The Labute approximate surface area is 125 Å². The third-order valence-corrected chi connectivity index (χ3v) is 6.13. The molecule has 0 aliphatic carbocycles. The van der Waals surface area contributed by atoms with Gasteiger partial charge in [0, 0.05) is 12.6 Å². The van der Waals surface area contributed by atoms with Gasteiger partial charge in [0.2, 0.25) is 10.0 Å². The number of hydrogen-bond donors (Lipinski definition) is 2. The van der Waals surface area contributed by atoms with Crippen molar-refractivity contribution >= 4 is 25.9 Å². The van der Waals surface area contributed by atoms with E-state index in [1.807, 2.05) is 6.92 Å². The molecule has 0 amide bonds. The zero-order valence-electron chi connectivity index (χ0n) is 11.9. The van der Waals surface area contributed by atoms with Crippen LogP contribution in [0.4, 0.5) is 5.69 Å². The number of aryl methyl sites for hydroxylation is 1. The Morgan fingerprint density at radius 1 is 1.29 bits per heavy atom. The summed E-state index contributed by atoms with van der Waals surface area (Å²) in [4.78, 5) is -0.125. The van der Waals surface area contributed by atoms with Gasteiger partial charge in [-0.05, 0) is 44.4 Å². The molecule has 9 heteroatoms. The fourth-order valence-corrected chi connectivity index (χ4v) is 4.45. The van der Waals surface area contributed by atoms with E-state index in [0.717, 1.165) is 12.8 Å². The van der Waals surface area contributed by atoms with E-state index >= 15 is 0 Å². The molecule has 1 atom stereocenters. The average Bonchev–Trinajstić information content (AvgIpc) is 2.77. The van der Waals surface area contributed by atoms with E-state index in [1.165, 1.54) is 22.5 Å². The second-order valence-corrected chi connectivity index (χ2v) is 8.42. The first-order chi connectivity index (χ1) is 9.61. The SMILES string of the molecule is Cc1ccc(S(N)(=O)=O)cc1NS(=O)(=O)N1CCCC1C. The molecule has 1 saturated heterocycles. The molecule has 0 aromatic heterocycles. The van der Waals surface area contributed by atoms with Crippen LogP contribution in [0.3, 0.4) is 0 Å². The summed E-state index contributed by atoms with van der Waals surface area (Å²) in [5.74, 6) is 0. The van der Waals surface area contributed by atoms with Crippen LogP contribution in [0, 0.1) is 6.92 Å². The minimum absolute atomic E-state index is 0.0655. The van der Waals surface area contributed by atoms with E-state index in [2.05, 4.69) is 4.72 Å². The van der Waals surface area contributed by atoms with Gasteiger partial charge in [0.25, 0.3) is 0 Å². The highest BCUT2D eigenvalue weighted by Crippen LogP contribution is 2.25. The normalized spacial score (nSPS) is 20.6. The smallest absolute Gasteiger partial charge is 0.271 e. The van der Waals surface area contributed by atoms with E-state index in [9.17, 15) is 16.8 Å². The molecule has 1 aromatic rings. The largest absolute Gasteiger partial charge is 0.301 e. The lowest BCUT2D eigenvalue weighted by Crippen LogP contribution is -2.38. The Morgan fingerprint density at radius 2 is 1.95 bits per heavy atom. The standard InChI is InChI=1S/C12H19N3O4S2/c1-9-5-6-11(20(13,16)17)8-12(9)14-21(18,19)15-7-3-4-10(15)2/h5-6,8,10,14H,3-4,7H2,1-2H3,(H2,13,16,17). The molecule has 3 N–H and O–H groups in total. The molecular weight excluding hydrogens is 314 g/mol. The summed E-state index contributed by atoms with van der Waals surface area (Å²) in [6, 6.07) is 4.04. The van der Waals surface area contributed by atoms with Gasteiger partial charge >= 0.3 is 10.2 Å². The van der Waals surface area contributed by atoms with Gasteiger partial charge in [0.15, 0.2) is 0 Å². The lowest BCUT2D eigenvalue weighted by Gasteiger charge is -2.22. The molecule has 1 heterocycles. The molecular formula is C12H19N3O4S2. The van der Waals surface area contributed by atoms with Gasteiger partial charge in [-0.25, -0.2) is 13.6 Å². The van der Waals surface area contributed by atoms with Crippen LogP contribution in [0.1, 0.15) is 25.3 Å². The fraction of sp³-hybridized carbons (Fsp3) is 0.500. The second-order valence-electron chi connectivity index (χ2n) is 5.23. The molecule has 7 nitrogen and oxygen atoms in total. The Morgan fingerprint density at radius 3 is 2.48 bits per heavy atom. The summed E-state index contributed by atoms with van der Waals surface area (Å²) >= 11 is 0. The first-order valence-electron chi connectivity index (χ1n) is 6.54. The summed E-state index contributed by atoms with van der Waals surface area (Å²) in [5.41, 5.74) is 0.846. The monoisotopic (exact) mass is 333 g/mol. The van der Waals surface area contributed by atoms with Crippen molar-refractivity contribution in [1.29, 1.82) is 0 Å². The maximum Gasteiger partial charge on any atom is 0.301 e. The van der Waals surface area contributed by atoms with Crippen LogP contribution in [0.5, 0.6) is 0 Å². The molecule has 1 aliphatic heterocycles. The number of primary sulfonamides is 1. The van der Waals surface area contributed by atoms with Crippen molar-refractivity contribution in [2.45, 2.75) is 37.6 Å². The molecule has 0 bridgehead atoms. The van der Waals surface area contributed by atoms with Crippen molar-refractivity contribution in [2.24, 2.45) is 5.14 Å². The molecule has 21 heavy (non-hydrogen) atoms. The number of benzene rings is 1. The quantitative estimate of drug-likeness (QED) is 0.848. The van der Waals surface area contributed by atoms with Crippen molar-refractivity contribution in [3.05, 3.63) is 23.8 Å². The highest BCUT2D eigenvalue weighted by atomic mass is 32.2. The molecule has 118 valence electrons. The number of sulfonamides is 1. The fourth-order valence-electron chi connectivity index (χ4n) is 2.35. The molecule has 1 aromatic carbocycles. The molecule has 0 radical (unpaired) electrons. The maximum absolute atomic E-state index is 12.4. The zero-order valence-corrected chi connectivity index (χ0v) is 13.5. The summed E-state index contributed by atoms with van der Waals surface area (Å²) in [5, 5.41) is 5.07. The van der Waals surface area contributed by atoms with Crippen LogP contribution >= 0.6 is 0 Å². The zero-order chi connectivity index (χ0) is 15.8. The van der Waals surface area contributed by atoms with Crippen LogP contribution in [-0.2, 0) is 20.2 Å². The van der Waals surface area contributed by atoms with Gasteiger partial charge in [-0.15, -0.1) is 0 Å².